The van der Waals surface area contributed by atoms with Gasteiger partial charge in [0.1, 0.15) is 13.2 Å². The van der Waals surface area contributed by atoms with Crippen molar-refractivity contribution in [2.75, 3.05) is 13.2 Å². The summed E-state index contributed by atoms with van der Waals surface area (Å²) in [6, 6.07) is 0. The molecule has 0 aliphatic heterocycles. The fourth-order valence-electron chi connectivity index (χ4n) is 9.25. The number of carbonyl (C=O) groups excluding carboxylic acids is 3. The first-order valence-corrected chi connectivity index (χ1v) is 29.9. The Hall–Kier alpha value is -1.59. The Morgan fingerprint density at radius 2 is 0.530 bits per heavy atom. The van der Waals surface area contributed by atoms with E-state index in [1.807, 2.05) is 0 Å². The maximum absolute atomic E-state index is 12.9. The molecule has 2 atom stereocenters. The first kappa shape index (κ1) is 64.4. The second-order valence-electron chi connectivity index (χ2n) is 20.9. The summed E-state index contributed by atoms with van der Waals surface area (Å²) in [5.41, 5.74) is 0. The highest BCUT2D eigenvalue weighted by atomic mass is 16.6. The van der Waals surface area contributed by atoms with Gasteiger partial charge in [-0.05, 0) is 25.2 Å². The smallest absolute Gasteiger partial charge is 0.306 e. The molecule has 0 heterocycles. The van der Waals surface area contributed by atoms with Crippen LogP contribution in [0.15, 0.2) is 0 Å². The van der Waals surface area contributed by atoms with Crippen LogP contribution in [0.1, 0.15) is 342 Å². The van der Waals surface area contributed by atoms with Crippen molar-refractivity contribution < 1.29 is 28.6 Å². The Kier molecular flexibility index (Phi) is 53.0. The molecule has 6 nitrogen and oxygen atoms in total. The molecule has 0 N–H and O–H groups in total. The largest absolute Gasteiger partial charge is 0.462 e. The zero-order chi connectivity index (χ0) is 48.1. The summed E-state index contributed by atoms with van der Waals surface area (Å²) < 4.78 is 16.9. The molecule has 0 amide bonds. The third-order valence-corrected chi connectivity index (χ3v) is 14.2. The van der Waals surface area contributed by atoms with E-state index >= 15 is 0 Å². The maximum atomic E-state index is 12.9. The van der Waals surface area contributed by atoms with Crippen molar-refractivity contribution in [2.24, 2.45) is 5.92 Å². The molecule has 0 aromatic heterocycles. The highest BCUT2D eigenvalue weighted by Gasteiger charge is 2.19. The lowest BCUT2D eigenvalue weighted by atomic mass is 9.99. The number of ether oxygens (including phenoxy) is 3. The van der Waals surface area contributed by atoms with Gasteiger partial charge in [-0.3, -0.25) is 14.4 Å². The van der Waals surface area contributed by atoms with Crippen LogP contribution in [0.5, 0.6) is 0 Å². The fraction of sp³-hybridized carbons (Fsp3) is 0.950. The summed E-state index contributed by atoms with van der Waals surface area (Å²) >= 11 is 0. The van der Waals surface area contributed by atoms with E-state index in [4.69, 9.17) is 14.2 Å². The van der Waals surface area contributed by atoms with E-state index in [1.54, 1.807) is 0 Å². The van der Waals surface area contributed by atoms with Gasteiger partial charge in [-0.2, -0.15) is 0 Å². The summed E-state index contributed by atoms with van der Waals surface area (Å²) in [5, 5.41) is 0. The summed E-state index contributed by atoms with van der Waals surface area (Å²) in [6.07, 6.45) is 59.5. The summed E-state index contributed by atoms with van der Waals surface area (Å²) in [6.45, 7) is 9.10. The summed E-state index contributed by atoms with van der Waals surface area (Å²) in [7, 11) is 0. The van der Waals surface area contributed by atoms with Crippen LogP contribution in [0.25, 0.3) is 0 Å². The van der Waals surface area contributed by atoms with E-state index in [-0.39, 0.29) is 31.1 Å². The Labute approximate surface area is 412 Å². The van der Waals surface area contributed by atoms with Crippen LogP contribution in [0, 0.1) is 5.92 Å². The van der Waals surface area contributed by atoms with Crippen LogP contribution in [0.2, 0.25) is 0 Å². The van der Waals surface area contributed by atoms with Gasteiger partial charge < -0.3 is 14.2 Å². The number of carbonyl (C=O) groups is 3. The molecule has 0 saturated heterocycles. The van der Waals surface area contributed by atoms with Gasteiger partial charge in [0, 0.05) is 19.3 Å². The maximum Gasteiger partial charge on any atom is 0.306 e. The number of unbranched alkanes of at least 4 members (excludes halogenated alkanes) is 41. The van der Waals surface area contributed by atoms with E-state index in [9.17, 15) is 14.4 Å². The quantitative estimate of drug-likeness (QED) is 0.0343. The van der Waals surface area contributed by atoms with Crippen molar-refractivity contribution in [3.63, 3.8) is 0 Å². The van der Waals surface area contributed by atoms with Gasteiger partial charge in [-0.15, -0.1) is 0 Å². The normalized spacial score (nSPS) is 12.4. The predicted octanol–water partition coefficient (Wildman–Crippen LogP) is 19.8. The van der Waals surface area contributed by atoms with Crippen LogP contribution < -0.4 is 0 Å². The van der Waals surface area contributed by atoms with Crippen LogP contribution in [0.4, 0.5) is 0 Å². The number of hydrogen-bond acceptors (Lipinski definition) is 6. The van der Waals surface area contributed by atoms with Gasteiger partial charge in [-0.25, -0.2) is 0 Å². The van der Waals surface area contributed by atoms with Crippen molar-refractivity contribution in [1.82, 2.24) is 0 Å². The lowest BCUT2D eigenvalue weighted by Gasteiger charge is -2.18. The average Bonchev–Trinajstić information content (AvgIpc) is 3.32. The lowest BCUT2D eigenvalue weighted by molar-refractivity contribution is -0.167. The molecular formula is C60H116O6. The fourth-order valence-corrected chi connectivity index (χ4v) is 9.25. The zero-order valence-electron chi connectivity index (χ0n) is 45.2. The molecule has 0 aliphatic rings. The molecule has 0 bridgehead atoms. The summed E-state index contributed by atoms with van der Waals surface area (Å²) in [4.78, 5) is 38.1. The van der Waals surface area contributed by atoms with Gasteiger partial charge in [0.05, 0.1) is 0 Å². The Bertz CT molecular complexity index is 998. The van der Waals surface area contributed by atoms with Crippen molar-refractivity contribution in [3.8, 4) is 0 Å². The van der Waals surface area contributed by atoms with E-state index < -0.39 is 6.10 Å². The molecule has 0 fully saturated rings. The monoisotopic (exact) mass is 933 g/mol. The van der Waals surface area contributed by atoms with Gasteiger partial charge in [0.2, 0.25) is 0 Å². The second-order valence-corrected chi connectivity index (χ2v) is 20.9. The average molecular weight is 934 g/mol. The van der Waals surface area contributed by atoms with Gasteiger partial charge >= 0.3 is 17.9 Å². The van der Waals surface area contributed by atoms with Crippen molar-refractivity contribution >= 4 is 17.9 Å². The lowest BCUT2D eigenvalue weighted by Crippen LogP contribution is -2.30. The minimum atomic E-state index is -0.761. The topological polar surface area (TPSA) is 78.9 Å². The van der Waals surface area contributed by atoms with Crippen LogP contribution in [-0.2, 0) is 28.6 Å². The Balaban J connectivity index is 4.20. The van der Waals surface area contributed by atoms with Crippen molar-refractivity contribution in [2.45, 2.75) is 348 Å². The van der Waals surface area contributed by atoms with Crippen LogP contribution >= 0.6 is 0 Å². The Morgan fingerprint density at radius 1 is 0.303 bits per heavy atom. The molecule has 0 aromatic rings. The second kappa shape index (κ2) is 54.4. The zero-order valence-corrected chi connectivity index (χ0v) is 45.2. The van der Waals surface area contributed by atoms with Gasteiger partial charge in [-0.1, -0.05) is 304 Å². The molecule has 392 valence electrons. The van der Waals surface area contributed by atoms with Gasteiger partial charge in [0.15, 0.2) is 6.10 Å². The number of hydrogen-bond donors (Lipinski definition) is 0. The van der Waals surface area contributed by atoms with Crippen molar-refractivity contribution in [3.05, 3.63) is 0 Å². The van der Waals surface area contributed by atoms with E-state index in [1.165, 1.54) is 238 Å². The van der Waals surface area contributed by atoms with E-state index in [2.05, 4.69) is 27.7 Å². The molecule has 1 unspecified atom stereocenters. The van der Waals surface area contributed by atoms with E-state index in [0.717, 1.165) is 63.7 Å². The molecule has 0 saturated carbocycles. The third kappa shape index (κ3) is 51.8. The molecule has 0 spiro atoms. The van der Waals surface area contributed by atoms with Crippen LogP contribution in [-0.4, -0.2) is 37.2 Å². The first-order valence-electron chi connectivity index (χ1n) is 29.9. The molecular weight excluding hydrogens is 817 g/mol. The molecule has 0 aromatic carbocycles. The van der Waals surface area contributed by atoms with Gasteiger partial charge in [0.25, 0.3) is 0 Å². The highest BCUT2D eigenvalue weighted by molar-refractivity contribution is 5.71. The minimum Gasteiger partial charge on any atom is -0.462 e. The molecule has 0 radical (unpaired) electrons. The SMILES string of the molecule is CCCCCCCCCCCCCCCCCCC(=O)OC[C@H](COC(=O)CCCCCCCCCCCC)OC(=O)CCCCCCCCCCCCCCCCCCCCC(C)CC. The van der Waals surface area contributed by atoms with Crippen LogP contribution in [0.3, 0.4) is 0 Å². The molecule has 0 aliphatic carbocycles. The predicted molar refractivity (Wildman–Crippen MR) is 284 cm³/mol. The first-order chi connectivity index (χ1) is 32.4. The minimum absolute atomic E-state index is 0.0617. The van der Waals surface area contributed by atoms with Crippen molar-refractivity contribution in [1.29, 1.82) is 0 Å². The number of rotatable bonds is 55. The summed E-state index contributed by atoms with van der Waals surface area (Å²) in [5.74, 6) is 0.0739. The molecule has 66 heavy (non-hydrogen) atoms. The molecule has 6 heteroatoms. The highest BCUT2D eigenvalue weighted by Crippen LogP contribution is 2.19. The standard InChI is InChI=1S/C60H116O6/c1-5-8-10-12-14-16-18-19-20-26-29-32-36-40-44-48-52-59(62)65-55-57(54-64-58(61)51-47-43-39-35-17-15-13-11-9-6-2)66-60(63)53-49-45-41-37-33-30-27-24-22-21-23-25-28-31-34-38-42-46-50-56(4)7-3/h56-57H,5-55H2,1-4H3/t56?,57-/m0/s1. The van der Waals surface area contributed by atoms with E-state index in [0.29, 0.717) is 19.3 Å². The number of esters is 3. The third-order valence-electron chi connectivity index (χ3n) is 14.2. The molecule has 0 rings (SSSR count). The Morgan fingerprint density at radius 3 is 0.788 bits per heavy atom.